The summed E-state index contributed by atoms with van der Waals surface area (Å²) < 4.78 is 16.9. The highest BCUT2D eigenvalue weighted by atomic mass is 79.9. The molecule has 474 valence electrons. The Morgan fingerprint density at radius 2 is 1.49 bits per heavy atom. The Morgan fingerprint density at radius 3 is 2.17 bits per heavy atom. The fraction of sp³-hybridized carbons (Fsp3) is 0.419. The summed E-state index contributed by atoms with van der Waals surface area (Å²) in [6.07, 6.45) is 2.82. The topological polar surface area (TPSA) is 343 Å². The summed E-state index contributed by atoms with van der Waals surface area (Å²) >= 11 is 3.70. The summed E-state index contributed by atoms with van der Waals surface area (Å²) in [7, 11) is 3.71. The van der Waals surface area contributed by atoms with Gasteiger partial charge < -0.3 is 71.9 Å². The number of halogens is 1. The van der Waals surface area contributed by atoms with Crippen molar-refractivity contribution in [3.05, 3.63) is 107 Å². The van der Waals surface area contributed by atoms with E-state index in [0.717, 1.165) is 50.8 Å². The lowest BCUT2D eigenvalue weighted by atomic mass is 9.95. The number of primary amides is 2. The maximum absolute atomic E-state index is 14.6. The van der Waals surface area contributed by atoms with Crippen LogP contribution < -0.4 is 52.6 Å². The van der Waals surface area contributed by atoms with Gasteiger partial charge in [0.1, 0.15) is 24.1 Å². The maximum atomic E-state index is 14.6. The van der Waals surface area contributed by atoms with Crippen molar-refractivity contribution in [2.45, 2.75) is 70.6 Å². The SMILES string of the molecule is CN[C@H](C(=O)N[C@@H](CCCNC(N)=O)C(=O)Nc1ccc(COC(=O)N2CCc3c2ccc2[nH]c(C(=O)N4C[C@@H](CBr)c5c4cc(OC(=O)N4CCN(C)CC4)c4ccccc54)cc32)cc1)C(C)C.NC(=O)CCOCCNC(=O)CCN1C(=O)C=CC1=O. The summed E-state index contributed by atoms with van der Waals surface area (Å²) in [5, 5.41) is 17.0. The Bertz CT molecular complexity index is 3480. The van der Waals surface area contributed by atoms with E-state index in [2.05, 4.69) is 52.4 Å². The molecule has 0 unspecified atom stereocenters. The second kappa shape index (κ2) is 30.8. The number of rotatable bonds is 24. The summed E-state index contributed by atoms with van der Waals surface area (Å²) in [6.45, 7) is 8.35. The van der Waals surface area contributed by atoms with E-state index >= 15 is 0 Å². The molecular weight excluding hydrogens is 1210 g/mol. The number of amides is 11. The van der Waals surface area contributed by atoms with E-state index < -0.39 is 53.9 Å². The van der Waals surface area contributed by atoms with E-state index in [1.54, 1.807) is 46.0 Å². The molecule has 0 radical (unpaired) electrons. The largest absolute Gasteiger partial charge is 0.444 e. The van der Waals surface area contributed by atoms with Crippen molar-refractivity contribution >= 4 is 114 Å². The second-order valence-electron chi connectivity index (χ2n) is 22.2. The number of carbonyl (C=O) groups excluding carboxylic acids is 10. The van der Waals surface area contributed by atoms with Crippen molar-refractivity contribution in [1.29, 1.82) is 0 Å². The van der Waals surface area contributed by atoms with E-state index in [-0.39, 0.29) is 88.3 Å². The van der Waals surface area contributed by atoms with Gasteiger partial charge in [-0.1, -0.05) is 66.2 Å². The molecule has 0 saturated carbocycles. The average molecular weight is 1290 g/mol. The number of aromatic amines is 1. The number of nitrogens with one attached hydrogen (secondary N) is 6. The van der Waals surface area contributed by atoms with E-state index in [4.69, 9.17) is 25.7 Å². The third kappa shape index (κ3) is 16.8. The zero-order chi connectivity index (χ0) is 63.9. The van der Waals surface area contributed by atoms with Crippen molar-refractivity contribution in [2.75, 3.05) is 107 Å². The van der Waals surface area contributed by atoms with Gasteiger partial charge in [-0.25, -0.2) is 14.4 Å². The second-order valence-corrected chi connectivity index (χ2v) is 22.9. The number of ether oxygens (including phenoxy) is 3. The van der Waals surface area contributed by atoms with Crippen molar-refractivity contribution < 1.29 is 62.2 Å². The van der Waals surface area contributed by atoms with Gasteiger partial charge in [0, 0.05) is 123 Å². The van der Waals surface area contributed by atoms with E-state index in [1.807, 2.05) is 69.4 Å². The number of hydrogen-bond donors (Lipinski definition) is 8. The number of H-pyrrole nitrogens is 1. The lowest BCUT2D eigenvalue weighted by Gasteiger charge is -2.31. The number of piperazine rings is 1. The molecule has 1 saturated heterocycles. The van der Waals surface area contributed by atoms with Gasteiger partial charge in [0.2, 0.25) is 23.6 Å². The number of nitrogens with zero attached hydrogens (tertiary/aromatic N) is 5. The van der Waals surface area contributed by atoms with Gasteiger partial charge in [-0.3, -0.25) is 43.4 Å². The van der Waals surface area contributed by atoms with Crippen LogP contribution in [-0.4, -0.2) is 183 Å². The van der Waals surface area contributed by atoms with E-state index in [9.17, 15) is 47.9 Å². The van der Waals surface area contributed by atoms with Crippen LogP contribution in [0.5, 0.6) is 5.75 Å². The molecule has 5 heterocycles. The molecule has 11 amide bonds. The number of fused-ring (bicyclic) bond motifs is 6. The predicted octanol–water partition coefficient (Wildman–Crippen LogP) is 4.33. The van der Waals surface area contributed by atoms with Crippen molar-refractivity contribution in [3.63, 3.8) is 0 Å². The fourth-order valence-electron chi connectivity index (χ4n) is 11.0. The van der Waals surface area contributed by atoms with Gasteiger partial charge in [0.05, 0.1) is 30.6 Å². The lowest BCUT2D eigenvalue weighted by molar-refractivity contribution is -0.137. The number of imide groups is 1. The Kier molecular flexibility index (Phi) is 22.9. The number of likely N-dealkylation sites (N-methyl/N-ethyl adjacent to an activating group) is 2. The quantitative estimate of drug-likeness (QED) is 0.0242. The van der Waals surface area contributed by atoms with Crippen LogP contribution in [0, 0.1) is 5.92 Å². The molecule has 0 bridgehead atoms. The monoisotopic (exact) mass is 1290 g/mol. The number of urea groups is 1. The maximum Gasteiger partial charge on any atom is 0.415 e. The molecular formula is C62H76BrN13O13. The minimum absolute atomic E-state index is 0.00151. The normalized spacial score (nSPS) is 16.0. The number of aromatic nitrogens is 1. The molecule has 3 atom stereocenters. The number of hydrogen-bond acceptors (Lipinski definition) is 15. The number of anilines is 3. The zero-order valence-electron chi connectivity index (χ0n) is 50.2. The van der Waals surface area contributed by atoms with Crippen molar-refractivity contribution in [3.8, 4) is 5.75 Å². The molecule has 0 spiro atoms. The highest BCUT2D eigenvalue weighted by Gasteiger charge is 2.37. The minimum Gasteiger partial charge on any atom is -0.444 e. The number of nitrogens with two attached hydrogens (primary N) is 2. The predicted molar refractivity (Wildman–Crippen MR) is 336 cm³/mol. The highest BCUT2D eigenvalue weighted by molar-refractivity contribution is 9.09. The Morgan fingerprint density at radius 1 is 0.775 bits per heavy atom. The molecule has 4 aliphatic heterocycles. The van der Waals surface area contributed by atoms with Crippen LogP contribution in [0.25, 0.3) is 21.7 Å². The molecule has 5 aromatic rings. The van der Waals surface area contributed by atoms with Gasteiger partial charge >= 0.3 is 18.2 Å². The summed E-state index contributed by atoms with van der Waals surface area (Å²) in [6, 6.07) is 20.1. The minimum atomic E-state index is -0.874. The van der Waals surface area contributed by atoms with Crippen molar-refractivity contribution in [2.24, 2.45) is 17.4 Å². The molecule has 9 rings (SSSR count). The van der Waals surface area contributed by atoms with Crippen LogP contribution in [0.2, 0.25) is 0 Å². The molecule has 89 heavy (non-hydrogen) atoms. The molecule has 4 aromatic carbocycles. The van der Waals surface area contributed by atoms with Crippen LogP contribution in [0.15, 0.2) is 84.9 Å². The average Bonchev–Trinajstić information content (AvgIpc) is 1.67. The molecule has 27 heteroatoms. The first-order chi connectivity index (χ1) is 42.7. The highest BCUT2D eigenvalue weighted by Crippen LogP contribution is 2.47. The first-order valence-electron chi connectivity index (χ1n) is 29.5. The molecule has 4 aliphatic rings. The van der Waals surface area contributed by atoms with Crippen LogP contribution in [0.3, 0.4) is 0 Å². The third-order valence-corrected chi connectivity index (χ3v) is 16.5. The Balaban J connectivity index is 0.000000436. The third-order valence-electron chi connectivity index (χ3n) is 15.7. The smallest absolute Gasteiger partial charge is 0.415 e. The van der Waals surface area contributed by atoms with Gasteiger partial charge in [-0.2, -0.15) is 0 Å². The van der Waals surface area contributed by atoms with Crippen LogP contribution in [0.1, 0.15) is 72.6 Å². The first kappa shape index (κ1) is 66.0. The molecule has 1 fully saturated rings. The number of carbonyl (C=O) groups is 10. The molecule has 1 aromatic heterocycles. The summed E-state index contributed by atoms with van der Waals surface area (Å²) in [5.74, 6) is -2.10. The summed E-state index contributed by atoms with van der Waals surface area (Å²) in [5.41, 5.74) is 15.8. The lowest BCUT2D eigenvalue weighted by Crippen LogP contribution is -2.52. The van der Waals surface area contributed by atoms with Gasteiger partial charge in [-0.15, -0.1) is 0 Å². The fourth-order valence-corrected chi connectivity index (χ4v) is 11.5. The summed E-state index contributed by atoms with van der Waals surface area (Å²) in [4.78, 5) is 135. The molecule has 0 aliphatic carbocycles. The Labute approximate surface area is 522 Å². The molecule has 10 N–H and O–H groups in total. The molecule has 26 nitrogen and oxygen atoms in total. The van der Waals surface area contributed by atoms with E-state index in [0.29, 0.717) is 78.4 Å². The Hall–Kier alpha value is -8.92. The van der Waals surface area contributed by atoms with E-state index in [1.165, 1.54) is 12.2 Å². The van der Waals surface area contributed by atoms with Crippen LogP contribution in [0.4, 0.5) is 31.4 Å². The zero-order valence-corrected chi connectivity index (χ0v) is 51.8. The first-order valence-corrected chi connectivity index (χ1v) is 30.6. The number of alkyl halides is 1. The van der Waals surface area contributed by atoms with Crippen molar-refractivity contribution in [1.82, 2.24) is 41.0 Å². The van der Waals surface area contributed by atoms with Gasteiger partial charge in [0.25, 0.3) is 17.7 Å². The van der Waals surface area contributed by atoms with Crippen LogP contribution >= 0.6 is 15.9 Å². The van der Waals surface area contributed by atoms with Gasteiger partial charge in [-0.05, 0) is 91.7 Å². The standard InChI is InChI=1S/C50H59BrN10O8.C12H17N3O5/c1-29(2)44(53-3)46(63)57-38(10-7-18-54-48(52)65)45(62)55-32-13-11-30(12-14-32)28-68-50(67)60-19-17-33-36-24-39(56-37(36)15-16-40(33)60)47(64)61-27-31(26-51)43-35-9-6-5-8-34(35)42(25-41(43)61)69-49(66)59-22-20-58(4)21-23-59;13-9(16)4-7-20-8-5-14-10(17)3-6-15-11(18)1-2-12(15)19/h5-6,8-9,11-16,24-25,29,31,38,44,53,56H,7,10,17-23,26-28H2,1-4H3,(H,55,62)(H,57,63)(H3,52,54,65);1-2H,3-8H2,(H2,13,16)(H,14,17)/t31-,38+,44+;/m1./s1. The number of benzene rings is 4. The van der Waals surface area contributed by atoms with Crippen LogP contribution in [-0.2, 0) is 51.3 Å². The van der Waals surface area contributed by atoms with Gasteiger partial charge in [0.15, 0.2) is 0 Å².